The number of benzene rings is 2. The number of hydrogen-bond donors (Lipinski definition) is 2. The van der Waals surface area contributed by atoms with E-state index in [2.05, 4.69) is 15.3 Å². The molecule has 6 heteroatoms. The van der Waals surface area contributed by atoms with E-state index in [1.165, 1.54) is 12.6 Å². The van der Waals surface area contributed by atoms with Crippen molar-refractivity contribution in [1.82, 2.24) is 9.97 Å². The zero-order valence-corrected chi connectivity index (χ0v) is 13.0. The van der Waals surface area contributed by atoms with Gasteiger partial charge in [0, 0.05) is 16.6 Å². The Morgan fingerprint density at radius 3 is 2.68 bits per heavy atom. The molecule has 0 aliphatic carbocycles. The van der Waals surface area contributed by atoms with Crippen molar-refractivity contribution in [3.8, 4) is 16.9 Å². The summed E-state index contributed by atoms with van der Waals surface area (Å²) in [6.45, 7) is 0. The van der Waals surface area contributed by atoms with Crippen LogP contribution in [0.2, 0.25) is 0 Å². The van der Waals surface area contributed by atoms with E-state index >= 15 is 0 Å². The van der Waals surface area contributed by atoms with Gasteiger partial charge in [-0.1, -0.05) is 6.07 Å². The standard InChI is InChI=1S/C19H13N3O3/c23-10-18-15(7-8-25-18)12-1-6-17-16(9-12)19(21-11-20-17)22-13-2-4-14(24)5-3-13/h1-11,24H,(H,20,21,22). The second kappa shape index (κ2) is 6.09. The Kier molecular flexibility index (Phi) is 3.63. The normalized spacial score (nSPS) is 10.7. The molecule has 0 aliphatic rings. The van der Waals surface area contributed by atoms with Crippen molar-refractivity contribution in [1.29, 1.82) is 0 Å². The fraction of sp³-hybridized carbons (Fsp3) is 0. The molecule has 25 heavy (non-hydrogen) atoms. The van der Waals surface area contributed by atoms with Crippen LogP contribution in [0.15, 0.2) is 65.5 Å². The number of aldehydes is 1. The lowest BCUT2D eigenvalue weighted by Gasteiger charge is -2.09. The maximum atomic E-state index is 11.1. The van der Waals surface area contributed by atoms with Crippen molar-refractivity contribution in [3.63, 3.8) is 0 Å². The van der Waals surface area contributed by atoms with Crippen molar-refractivity contribution in [2.75, 3.05) is 5.32 Å². The molecule has 2 aromatic carbocycles. The van der Waals surface area contributed by atoms with Gasteiger partial charge in [-0.25, -0.2) is 9.97 Å². The molecule has 0 aliphatic heterocycles. The number of phenolic OH excluding ortho intramolecular Hbond substituents is 1. The fourth-order valence-corrected chi connectivity index (χ4v) is 2.66. The van der Waals surface area contributed by atoms with E-state index in [4.69, 9.17) is 4.42 Å². The average molecular weight is 331 g/mol. The van der Waals surface area contributed by atoms with Crippen molar-refractivity contribution in [3.05, 3.63) is 66.9 Å². The predicted molar refractivity (Wildman–Crippen MR) is 94.0 cm³/mol. The van der Waals surface area contributed by atoms with Crippen LogP contribution in [0.4, 0.5) is 11.5 Å². The summed E-state index contributed by atoms with van der Waals surface area (Å²) >= 11 is 0. The van der Waals surface area contributed by atoms with Crippen LogP contribution in [0.25, 0.3) is 22.0 Å². The fourth-order valence-electron chi connectivity index (χ4n) is 2.66. The van der Waals surface area contributed by atoms with Gasteiger partial charge in [-0.3, -0.25) is 4.79 Å². The first-order valence-electron chi connectivity index (χ1n) is 7.58. The highest BCUT2D eigenvalue weighted by atomic mass is 16.3. The third-order valence-electron chi connectivity index (χ3n) is 3.88. The third kappa shape index (κ3) is 2.81. The number of nitrogens with one attached hydrogen (secondary N) is 1. The smallest absolute Gasteiger partial charge is 0.185 e. The molecule has 2 N–H and O–H groups in total. The second-order valence-electron chi connectivity index (χ2n) is 5.44. The van der Waals surface area contributed by atoms with Gasteiger partial charge in [-0.2, -0.15) is 0 Å². The highest BCUT2D eigenvalue weighted by molar-refractivity contribution is 5.95. The van der Waals surface area contributed by atoms with E-state index in [0.29, 0.717) is 12.1 Å². The highest BCUT2D eigenvalue weighted by Gasteiger charge is 2.11. The Morgan fingerprint density at radius 2 is 1.88 bits per heavy atom. The Labute approximate surface area is 142 Å². The van der Waals surface area contributed by atoms with Crippen LogP contribution in [0.3, 0.4) is 0 Å². The van der Waals surface area contributed by atoms with E-state index in [9.17, 15) is 9.90 Å². The molecule has 0 saturated carbocycles. The molecule has 0 saturated heterocycles. The molecular weight excluding hydrogens is 318 g/mol. The minimum Gasteiger partial charge on any atom is -0.508 e. The molecule has 4 rings (SSSR count). The Bertz CT molecular complexity index is 1060. The Hall–Kier alpha value is -3.67. The minimum atomic E-state index is 0.196. The number of nitrogens with zero attached hydrogens (tertiary/aromatic N) is 2. The molecule has 0 amide bonds. The minimum absolute atomic E-state index is 0.196. The molecule has 0 atom stereocenters. The molecular formula is C19H13N3O3. The van der Waals surface area contributed by atoms with E-state index in [0.717, 1.165) is 27.7 Å². The number of anilines is 2. The molecule has 0 spiro atoms. The summed E-state index contributed by atoms with van der Waals surface area (Å²) in [5.74, 6) is 1.11. The topological polar surface area (TPSA) is 88.2 Å². The molecule has 0 unspecified atom stereocenters. The van der Waals surface area contributed by atoms with Crippen molar-refractivity contribution >= 4 is 28.7 Å². The lowest BCUT2D eigenvalue weighted by atomic mass is 10.0. The molecule has 6 nitrogen and oxygen atoms in total. The molecule has 0 fully saturated rings. The van der Waals surface area contributed by atoms with Gasteiger partial charge in [-0.15, -0.1) is 0 Å². The monoisotopic (exact) mass is 331 g/mol. The number of rotatable bonds is 4. The quantitative estimate of drug-likeness (QED) is 0.431. The lowest BCUT2D eigenvalue weighted by Crippen LogP contribution is -1.96. The molecule has 0 radical (unpaired) electrons. The lowest BCUT2D eigenvalue weighted by molar-refractivity contribution is 0.110. The van der Waals surface area contributed by atoms with Gasteiger partial charge >= 0.3 is 0 Å². The summed E-state index contributed by atoms with van der Waals surface area (Å²) in [5, 5.41) is 13.4. The number of hydrogen-bond acceptors (Lipinski definition) is 6. The van der Waals surface area contributed by atoms with Gasteiger partial charge in [0.1, 0.15) is 17.9 Å². The van der Waals surface area contributed by atoms with Gasteiger partial charge < -0.3 is 14.8 Å². The maximum absolute atomic E-state index is 11.1. The highest BCUT2D eigenvalue weighted by Crippen LogP contribution is 2.30. The largest absolute Gasteiger partial charge is 0.508 e. The van der Waals surface area contributed by atoms with Crippen LogP contribution in [0.5, 0.6) is 5.75 Å². The predicted octanol–water partition coefficient (Wildman–Crippen LogP) is 4.15. The summed E-state index contributed by atoms with van der Waals surface area (Å²) in [6.07, 6.45) is 3.66. The second-order valence-corrected chi connectivity index (χ2v) is 5.44. The van der Waals surface area contributed by atoms with Gasteiger partial charge in [0.25, 0.3) is 0 Å². The van der Waals surface area contributed by atoms with Crippen molar-refractivity contribution in [2.24, 2.45) is 0 Å². The molecule has 2 aromatic heterocycles. The number of aromatic nitrogens is 2. The average Bonchev–Trinajstić information content (AvgIpc) is 3.12. The SMILES string of the molecule is O=Cc1occc1-c1ccc2ncnc(Nc3ccc(O)cc3)c2c1. The summed E-state index contributed by atoms with van der Waals surface area (Å²) in [7, 11) is 0. The van der Waals surface area contributed by atoms with Crippen LogP contribution >= 0.6 is 0 Å². The van der Waals surface area contributed by atoms with Gasteiger partial charge in [0.2, 0.25) is 0 Å². The summed E-state index contributed by atoms with van der Waals surface area (Å²) in [4.78, 5) is 19.7. The summed E-state index contributed by atoms with van der Waals surface area (Å²) in [6, 6.07) is 14.1. The number of furan rings is 1. The number of aromatic hydroxyl groups is 1. The third-order valence-corrected chi connectivity index (χ3v) is 3.88. The van der Waals surface area contributed by atoms with Crippen LogP contribution in [0, 0.1) is 0 Å². The van der Waals surface area contributed by atoms with Crippen LogP contribution < -0.4 is 5.32 Å². The summed E-state index contributed by atoms with van der Waals surface area (Å²) in [5.41, 5.74) is 3.12. The maximum Gasteiger partial charge on any atom is 0.185 e. The van der Waals surface area contributed by atoms with Gasteiger partial charge in [0.15, 0.2) is 12.0 Å². The zero-order valence-electron chi connectivity index (χ0n) is 13.0. The first kappa shape index (κ1) is 14.9. The summed E-state index contributed by atoms with van der Waals surface area (Å²) < 4.78 is 5.18. The van der Waals surface area contributed by atoms with Gasteiger partial charge in [0.05, 0.1) is 11.8 Å². The molecule has 122 valence electrons. The number of carbonyl (C=O) groups excluding carboxylic acids is 1. The van der Waals surface area contributed by atoms with E-state index in [-0.39, 0.29) is 11.5 Å². The van der Waals surface area contributed by atoms with Crippen molar-refractivity contribution in [2.45, 2.75) is 0 Å². The Morgan fingerprint density at radius 1 is 1.04 bits per heavy atom. The number of fused-ring (bicyclic) bond motifs is 1. The zero-order chi connectivity index (χ0) is 17.2. The van der Waals surface area contributed by atoms with E-state index < -0.39 is 0 Å². The Balaban J connectivity index is 1.80. The number of phenols is 1. The number of carbonyl (C=O) groups is 1. The van der Waals surface area contributed by atoms with E-state index in [1.54, 1.807) is 30.3 Å². The van der Waals surface area contributed by atoms with Crippen LogP contribution in [-0.2, 0) is 0 Å². The first-order valence-corrected chi connectivity index (χ1v) is 7.58. The first-order chi connectivity index (χ1) is 12.2. The van der Waals surface area contributed by atoms with Crippen LogP contribution in [0.1, 0.15) is 10.6 Å². The van der Waals surface area contributed by atoms with E-state index in [1.807, 2.05) is 18.2 Å². The van der Waals surface area contributed by atoms with Crippen LogP contribution in [-0.4, -0.2) is 21.4 Å². The molecule has 2 heterocycles. The molecule has 0 bridgehead atoms. The molecule has 4 aromatic rings. The van der Waals surface area contributed by atoms with Gasteiger partial charge in [-0.05, 0) is 48.0 Å². The van der Waals surface area contributed by atoms with Crippen molar-refractivity contribution < 1.29 is 14.3 Å².